The standard InChI is InChI=1S/C18H18N2O4/c21-17(11-10-13-6-2-1-3-7-13)19-20-18(22)16-12-23-14-8-4-5-9-15(14)24-16/h1-9,16H,10-12H2,(H,19,21)(H,20,22). The third-order valence-electron chi connectivity index (χ3n) is 3.61. The summed E-state index contributed by atoms with van der Waals surface area (Å²) in [5, 5.41) is 0. The van der Waals surface area contributed by atoms with Crippen molar-refractivity contribution in [3.05, 3.63) is 60.2 Å². The van der Waals surface area contributed by atoms with Crippen molar-refractivity contribution < 1.29 is 19.1 Å². The second-order valence-electron chi connectivity index (χ2n) is 5.39. The van der Waals surface area contributed by atoms with Gasteiger partial charge in [-0.25, -0.2) is 0 Å². The Labute approximate surface area is 139 Å². The maximum absolute atomic E-state index is 12.1. The third kappa shape index (κ3) is 4.04. The molecular formula is C18H18N2O4. The van der Waals surface area contributed by atoms with Gasteiger partial charge in [-0.15, -0.1) is 0 Å². The maximum Gasteiger partial charge on any atom is 0.283 e. The van der Waals surface area contributed by atoms with Crippen LogP contribution in [0.25, 0.3) is 0 Å². The highest BCUT2D eigenvalue weighted by Gasteiger charge is 2.27. The lowest BCUT2D eigenvalue weighted by Gasteiger charge is -2.25. The van der Waals surface area contributed by atoms with Crippen molar-refractivity contribution in [3.8, 4) is 11.5 Å². The summed E-state index contributed by atoms with van der Waals surface area (Å²) in [6, 6.07) is 16.8. The second-order valence-corrected chi connectivity index (χ2v) is 5.39. The quantitative estimate of drug-likeness (QED) is 0.837. The predicted octanol–water partition coefficient (Wildman–Crippen LogP) is 1.61. The Balaban J connectivity index is 1.43. The van der Waals surface area contributed by atoms with Gasteiger partial charge in [0.15, 0.2) is 11.5 Å². The molecule has 0 aliphatic carbocycles. The highest BCUT2D eigenvalue weighted by molar-refractivity contribution is 5.85. The van der Waals surface area contributed by atoms with Gasteiger partial charge >= 0.3 is 0 Å². The number of benzene rings is 2. The predicted molar refractivity (Wildman–Crippen MR) is 87.4 cm³/mol. The first-order valence-electron chi connectivity index (χ1n) is 7.73. The number of hydrogen-bond donors (Lipinski definition) is 2. The number of hydrazine groups is 1. The van der Waals surface area contributed by atoms with Crippen LogP contribution in [-0.2, 0) is 16.0 Å². The molecule has 124 valence electrons. The summed E-state index contributed by atoms with van der Waals surface area (Å²) < 4.78 is 11.0. The van der Waals surface area contributed by atoms with Crippen molar-refractivity contribution in [2.24, 2.45) is 0 Å². The number of hydrogen-bond acceptors (Lipinski definition) is 4. The number of nitrogens with one attached hydrogen (secondary N) is 2. The van der Waals surface area contributed by atoms with Crippen molar-refractivity contribution in [2.45, 2.75) is 18.9 Å². The van der Waals surface area contributed by atoms with Gasteiger partial charge in [0.2, 0.25) is 12.0 Å². The van der Waals surface area contributed by atoms with Crippen LogP contribution in [0, 0.1) is 0 Å². The fourth-order valence-electron chi connectivity index (χ4n) is 2.33. The first-order chi connectivity index (χ1) is 11.7. The Bertz CT molecular complexity index is 718. The fourth-order valence-corrected chi connectivity index (χ4v) is 2.33. The van der Waals surface area contributed by atoms with Gasteiger partial charge in [-0.2, -0.15) is 0 Å². The molecule has 2 aromatic rings. The minimum absolute atomic E-state index is 0.0999. The summed E-state index contributed by atoms with van der Waals surface area (Å²) in [4.78, 5) is 23.9. The normalized spacial score (nSPS) is 15.4. The average Bonchev–Trinajstić information content (AvgIpc) is 2.65. The lowest BCUT2D eigenvalue weighted by molar-refractivity contribution is -0.135. The van der Waals surface area contributed by atoms with Gasteiger partial charge in [-0.1, -0.05) is 42.5 Å². The molecule has 3 rings (SSSR count). The smallest absolute Gasteiger partial charge is 0.283 e. The van der Waals surface area contributed by atoms with Crippen molar-refractivity contribution in [3.63, 3.8) is 0 Å². The van der Waals surface area contributed by atoms with Crippen molar-refractivity contribution in [1.29, 1.82) is 0 Å². The average molecular weight is 326 g/mol. The van der Waals surface area contributed by atoms with Gasteiger partial charge < -0.3 is 9.47 Å². The van der Waals surface area contributed by atoms with Gasteiger partial charge in [-0.05, 0) is 24.1 Å². The summed E-state index contributed by atoms with van der Waals surface area (Å²) in [5.41, 5.74) is 5.84. The number of carbonyl (C=O) groups is 2. The van der Waals surface area contributed by atoms with E-state index in [0.29, 0.717) is 17.9 Å². The molecule has 1 heterocycles. The number of rotatable bonds is 4. The second kappa shape index (κ2) is 7.50. The molecule has 1 unspecified atom stereocenters. The van der Waals surface area contributed by atoms with E-state index >= 15 is 0 Å². The molecule has 0 aromatic heterocycles. The molecule has 24 heavy (non-hydrogen) atoms. The van der Waals surface area contributed by atoms with Crippen LogP contribution in [0.3, 0.4) is 0 Å². The molecule has 0 spiro atoms. The van der Waals surface area contributed by atoms with E-state index in [-0.39, 0.29) is 18.9 Å². The summed E-state index contributed by atoms with van der Waals surface area (Å²) in [6.07, 6.45) is 0.100. The number of carbonyl (C=O) groups excluding carboxylic acids is 2. The third-order valence-corrected chi connectivity index (χ3v) is 3.61. The molecule has 2 aromatic carbocycles. The molecule has 6 heteroatoms. The topological polar surface area (TPSA) is 76.7 Å². The van der Waals surface area contributed by atoms with E-state index in [0.717, 1.165) is 5.56 Å². The van der Waals surface area contributed by atoms with E-state index in [1.165, 1.54) is 0 Å². The molecule has 2 N–H and O–H groups in total. The molecule has 0 saturated heterocycles. The Hall–Kier alpha value is -3.02. The monoisotopic (exact) mass is 326 g/mol. The highest BCUT2D eigenvalue weighted by Crippen LogP contribution is 2.30. The SMILES string of the molecule is O=C(CCc1ccccc1)NNC(=O)C1COc2ccccc2O1. The Kier molecular flexibility index (Phi) is 4.96. The van der Waals surface area contributed by atoms with Gasteiger partial charge in [-0.3, -0.25) is 20.4 Å². The lowest BCUT2D eigenvalue weighted by Crippen LogP contribution is -2.50. The Morgan fingerprint density at radius 2 is 1.67 bits per heavy atom. The van der Waals surface area contributed by atoms with E-state index in [4.69, 9.17) is 9.47 Å². The summed E-state index contributed by atoms with van der Waals surface area (Å²) in [7, 11) is 0. The zero-order valence-corrected chi connectivity index (χ0v) is 13.0. The summed E-state index contributed by atoms with van der Waals surface area (Å²) >= 11 is 0. The number of para-hydroxylation sites is 2. The van der Waals surface area contributed by atoms with E-state index in [9.17, 15) is 9.59 Å². The number of ether oxygens (including phenoxy) is 2. The molecule has 1 atom stereocenters. The summed E-state index contributed by atoms with van der Waals surface area (Å²) in [6.45, 7) is 0.0999. The number of amides is 2. The van der Waals surface area contributed by atoms with Gasteiger partial charge in [0.25, 0.3) is 5.91 Å². The molecule has 6 nitrogen and oxygen atoms in total. The first kappa shape index (κ1) is 15.9. The van der Waals surface area contributed by atoms with Crippen LogP contribution in [0.5, 0.6) is 11.5 Å². The molecule has 1 aliphatic rings. The van der Waals surface area contributed by atoms with Crippen LogP contribution in [0.2, 0.25) is 0 Å². The number of aryl methyl sites for hydroxylation is 1. The van der Waals surface area contributed by atoms with Crippen LogP contribution in [0.1, 0.15) is 12.0 Å². The zero-order valence-electron chi connectivity index (χ0n) is 13.0. The minimum Gasteiger partial charge on any atom is -0.485 e. The van der Waals surface area contributed by atoms with Gasteiger partial charge in [0, 0.05) is 6.42 Å². The molecule has 0 saturated carbocycles. The summed E-state index contributed by atoms with van der Waals surface area (Å²) in [5.74, 6) is 0.412. The zero-order chi connectivity index (χ0) is 16.8. The van der Waals surface area contributed by atoms with E-state index < -0.39 is 12.0 Å². The van der Waals surface area contributed by atoms with Crippen LogP contribution >= 0.6 is 0 Å². The van der Waals surface area contributed by atoms with E-state index in [2.05, 4.69) is 10.9 Å². The van der Waals surface area contributed by atoms with Crippen LogP contribution in [0.4, 0.5) is 0 Å². The molecule has 2 amide bonds. The van der Waals surface area contributed by atoms with E-state index in [1.54, 1.807) is 18.2 Å². The van der Waals surface area contributed by atoms with Crippen molar-refractivity contribution in [2.75, 3.05) is 6.61 Å². The van der Waals surface area contributed by atoms with Crippen LogP contribution in [-0.4, -0.2) is 24.5 Å². The largest absolute Gasteiger partial charge is 0.485 e. The molecular weight excluding hydrogens is 308 g/mol. The lowest BCUT2D eigenvalue weighted by atomic mass is 10.1. The van der Waals surface area contributed by atoms with Crippen molar-refractivity contribution >= 4 is 11.8 Å². The molecule has 1 aliphatic heterocycles. The van der Waals surface area contributed by atoms with E-state index in [1.807, 2.05) is 36.4 Å². The van der Waals surface area contributed by atoms with Gasteiger partial charge in [0.05, 0.1) is 0 Å². The molecule has 0 radical (unpaired) electrons. The highest BCUT2D eigenvalue weighted by atomic mass is 16.6. The number of fused-ring (bicyclic) bond motifs is 1. The first-order valence-corrected chi connectivity index (χ1v) is 7.73. The Morgan fingerprint density at radius 1 is 0.958 bits per heavy atom. The fraction of sp³-hybridized carbons (Fsp3) is 0.222. The van der Waals surface area contributed by atoms with Crippen LogP contribution < -0.4 is 20.3 Å². The maximum atomic E-state index is 12.1. The van der Waals surface area contributed by atoms with Gasteiger partial charge in [0.1, 0.15) is 6.61 Å². The van der Waals surface area contributed by atoms with Crippen LogP contribution in [0.15, 0.2) is 54.6 Å². The molecule has 0 fully saturated rings. The Morgan fingerprint density at radius 3 is 2.46 bits per heavy atom. The molecule has 0 bridgehead atoms. The minimum atomic E-state index is -0.797. The van der Waals surface area contributed by atoms with Crippen molar-refractivity contribution in [1.82, 2.24) is 10.9 Å².